The summed E-state index contributed by atoms with van der Waals surface area (Å²) in [5.74, 6) is -1.35. The van der Waals surface area contributed by atoms with Crippen LogP contribution in [0.25, 0.3) is 0 Å². The van der Waals surface area contributed by atoms with Crippen molar-refractivity contribution in [2.45, 2.75) is 31.2 Å². The highest BCUT2D eigenvalue weighted by Gasteiger charge is 2.43. The number of halogens is 4. The van der Waals surface area contributed by atoms with Crippen LogP contribution in [0.2, 0.25) is 0 Å². The molecule has 1 N–H and O–H groups in total. The number of alkyl halides is 3. The molecule has 1 aliphatic heterocycles. The average Bonchev–Trinajstić information content (AvgIpc) is 2.59. The molecule has 0 amide bonds. The molecule has 1 saturated heterocycles. The Morgan fingerprint density at radius 3 is 2.56 bits per heavy atom. The number of aliphatic hydroxyl groups is 1. The second kappa shape index (κ2) is 4.20. The first-order valence-electron chi connectivity index (χ1n) is 5.46. The summed E-state index contributed by atoms with van der Waals surface area (Å²) >= 11 is 0. The summed E-state index contributed by atoms with van der Waals surface area (Å²) in [5, 5.41) is 10.3. The van der Waals surface area contributed by atoms with Crippen LogP contribution >= 0.6 is 0 Å². The molecule has 0 aromatic heterocycles. The van der Waals surface area contributed by atoms with Crippen molar-refractivity contribution < 1.29 is 27.4 Å². The lowest BCUT2D eigenvalue weighted by Crippen LogP contribution is -2.33. The SMILES string of the molecule is CC1OCCC1(O)c1ccc(F)c(C(F)(F)F)c1. The molecule has 0 saturated carbocycles. The van der Waals surface area contributed by atoms with Gasteiger partial charge < -0.3 is 9.84 Å². The molecular weight excluding hydrogens is 252 g/mol. The lowest BCUT2D eigenvalue weighted by atomic mass is 9.87. The van der Waals surface area contributed by atoms with E-state index in [0.717, 1.165) is 12.1 Å². The zero-order chi connectivity index (χ0) is 13.6. The van der Waals surface area contributed by atoms with Crippen molar-refractivity contribution in [1.29, 1.82) is 0 Å². The van der Waals surface area contributed by atoms with Gasteiger partial charge in [-0.1, -0.05) is 6.07 Å². The highest BCUT2D eigenvalue weighted by atomic mass is 19.4. The standard InChI is InChI=1S/C12H12F4O2/c1-7-11(17,4-5-18-7)8-2-3-10(13)9(6-8)12(14,15)16/h2-3,6-7,17H,4-5H2,1H3. The molecule has 1 fully saturated rings. The van der Waals surface area contributed by atoms with Gasteiger partial charge >= 0.3 is 6.18 Å². The fourth-order valence-corrected chi connectivity index (χ4v) is 2.12. The van der Waals surface area contributed by atoms with Crippen molar-refractivity contribution in [3.05, 3.63) is 35.1 Å². The van der Waals surface area contributed by atoms with Gasteiger partial charge in [-0.05, 0) is 24.6 Å². The number of hydrogen-bond donors (Lipinski definition) is 1. The van der Waals surface area contributed by atoms with E-state index in [1.165, 1.54) is 0 Å². The van der Waals surface area contributed by atoms with Gasteiger partial charge in [0.25, 0.3) is 0 Å². The van der Waals surface area contributed by atoms with Gasteiger partial charge in [0.15, 0.2) is 0 Å². The first-order valence-corrected chi connectivity index (χ1v) is 5.46. The highest BCUT2D eigenvalue weighted by molar-refractivity contribution is 5.32. The second-order valence-electron chi connectivity index (χ2n) is 4.38. The van der Waals surface area contributed by atoms with Gasteiger partial charge in [-0.3, -0.25) is 0 Å². The zero-order valence-electron chi connectivity index (χ0n) is 9.59. The Kier molecular flexibility index (Phi) is 3.11. The molecule has 2 unspecified atom stereocenters. The smallest absolute Gasteiger partial charge is 0.382 e. The van der Waals surface area contributed by atoms with E-state index in [9.17, 15) is 22.7 Å². The summed E-state index contributed by atoms with van der Waals surface area (Å²) < 4.78 is 56.0. The molecule has 18 heavy (non-hydrogen) atoms. The molecule has 0 aliphatic carbocycles. The Morgan fingerprint density at radius 2 is 2.06 bits per heavy atom. The van der Waals surface area contributed by atoms with Crippen LogP contribution in [0.15, 0.2) is 18.2 Å². The zero-order valence-corrected chi connectivity index (χ0v) is 9.59. The van der Waals surface area contributed by atoms with Crippen LogP contribution in [0.5, 0.6) is 0 Å². The molecule has 100 valence electrons. The van der Waals surface area contributed by atoms with Crippen molar-refractivity contribution in [3.63, 3.8) is 0 Å². The van der Waals surface area contributed by atoms with E-state index < -0.39 is 29.3 Å². The number of ether oxygens (including phenoxy) is 1. The topological polar surface area (TPSA) is 29.5 Å². The first kappa shape index (κ1) is 13.3. The van der Waals surface area contributed by atoms with Gasteiger partial charge in [-0.2, -0.15) is 13.2 Å². The molecule has 0 spiro atoms. The number of rotatable bonds is 1. The Balaban J connectivity index is 2.48. The van der Waals surface area contributed by atoms with E-state index in [1.54, 1.807) is 6.92 Å². The van der Waals surface area contributed by atoms with Gasteiger partial charge in [-0.25, -0.2) is 4.39 Å². The van der Waals surface area contributed by atoms with Crippen LogP contribution in [-0.4, -0.2) is 17.8 Å². The van der Waals surface area contributed by atoms with Crippen molar-refractivity contribution in [2.24, 2.45) is 0 Å². The number of benzene rings is 1. The van der Waals surface area contributed by atoms with Crippen molar-refractivity contribution in [1.82, 2.24) is 0 Å². The molecule has 1 aromatic carbocycles. The maximum atomic E-state index is 13.1. The molecule has 2 nitrogen and oxygen atoms in total. The maximum absolute atomic E-state index is 13.1. The van der Waals surface area contributed by atoms with Gasteiger partial charge in [0.2, 0.25) is 0 Å². The quantitative estimate of drug-likeness (QED) is 0.790. The van der Waals surface area contributed by atoms with Gasteiger partial charge in [0.1, 0.15) is 11.4 Å². The summed E-state index contributed by atoms with van der Waals surface area (Å²) in [7, 11) is 0. The fourth-order valence-electron chi connectivity index (χ4n) is 2.12. The van der Waals surface area contributed by atoms with Crippen molar-refractivity contribution in [2.75, 3.05) is 6.61 Å². The molecule has 1 heterocycles. The van der Waals surface area contributed by atoms with Crippen LogP contribution < -0.4 is 0 Å². The molecule has 2 atom stereocenters. The van der Waals surface area contributed by atoms with E-state index in [2.05, 4.69) is 0 Å². The summed E-state index contributed by atoms with van der Waals surface area (Å²) in [6.07, 6.45) is -5.21. The average molecular weight is 264 g/mol. The third kappa shape index (κ3) is 2.10. The van der Waals surface area contributed by atoms with E-state index in [-0.39, 0.29) is 18.6 Å². The molecule has 6 heteroatoms. The van der Waals surface area contributed by atoms with Crippen molar-refractivity contribution in [3.8, 4) is 0 Å². The molecule has 2 rings (SSSR count). The first-order chi connectivity index (χ1) is 8.25. The molecule has 0 radical (unpaired) electrons. The summed E-state index contributed by atoms with van der Waals surface area (Å²) in [5.41, 5.74) is -2.83. The Morgan fingerprint density at radius 1 is 1.39 bits per heavy atom. The Hall–Kier alpha value is -1.14. The van der Waals surface area contributed by atoms with Crippen molar-refractivity contribution >= 4 is 0 Å². The molecular formula is C12H12F4O2. The lowest BCUT2D eigenvalue weighted by Gasteiger charge is -2.27. The Bertz CT molecular complexity index is 458. The minimum atomic E-state index is -4.78. The van der Waals surface area contributed by atoms with Crippen LogP contribution in [-0.2, 0) is 16.5 Å². The Labute approximate surface area is 101 Å². The summed E-state index contributed by atoms with van der Waals surface area (Å²) in [6, 6.07) is 2.54. The third-order valence-electron chi connectivity index (χ3n) is 3.30. The van der Waals surface area contributed by atoms with Crippen LogP contribution in [0, 0.1) is 5.82 Å². The highest BCUT2D eigenvalue weighted by Crippen LogP contribution is 2.39. The minimum absolute atomic E-state index is 0.0289. The fraction of sp³-hybridized carbons (Fsp3) is 0.500. The monoisotopic (exact) mass is 264 g/mol. The largest absolute Gasteiger partial charge is 0.419 e. The maximum Gasteiger partial charge on any atom is 0.419 e. The van der Waals surface area contributed by atoms with Crippen LogP contribution in [0.4, 0.5) is 17.6 Å². The third-order valence-corrected chi connectivity index (χ3v) is 3.30. The van der Waals surface area contributed by atoms with E-state index in [4.69, 9.17) is 4.74 Å². The van der Waals surface area contributed by atoms with Gasteiger partial charge in [-0.15, -0.1) is 0 Å². The summed E-state index contributed by atoms with van der Waals surface area (Å²) in [4.78, 5) is 0. The van der Waals surface area contributed by atoms with E-state index in [0.29, 0.717) is 6.07 Å². The van der Waals surface area contributed by atoms with E-state index >= 15 is 0 Å². The lowest BCUT2D eigenvalue weighted by molar-refractivity contribution is -0.140. The van der Waals surface area contributed by atoms with Gasteiger partial charge in [0, 0.05) is 6.42 Å². The molecule has 1 aliphatic rings. The van der Waals surface area contributed by atoms with E-state index in [1.807, 2.05) is 0 Å². The van der Waals surface area contributed by atoms with Gasteiger partial charge in [0.05, 0.1) is 18.3 Å². The normalized spacial score (nSPS) is 28.7. The van der Waals surface area contributed by atoms with Crippen LogP contribution in [0.1, 0.15) is 24.5 Å². The minimum Gasteiger partial charge on any atom is -0.382 e. The number of hydrogen-bond acceptors (Lipinski definition) is 2. The predicted octanol–water partition coefficient (Wildman–Crippen LogP) is 2.84. The molecule has 1 aromatic rings. The predicted molar refractivity (Wildman–Crippen MR) is 55.3 cm³/mol. The molecule has 0 bridgehead atoms. The second-order valence-corrected chi connectivity index (χ2v) is 4.38. The van der Waals surface area contributed by atoms with Crippen LogP contribution in [0.3, 0.4) is 0 Å². The summed E-state index contributed by atoms with van der Waals surface area (Å²) in [6.45, 7) is 1.83.